The summed E-state index contributed by atoms with van der Waals surface area (Å²) in [5.41, 5.74) is 13.9. The molecule has 0 atom stereocenters. The largest absolute Gasteiger partial charge is 0.311 e. The van der Waals surface area contributed by atoms with E-state index in [-0.39, 0.29) is 5.41 Å². The van der Waals surface area contributed by atoms with Crippen molar-refractivity contribution in [1.82, 2.24) is 0 Å². The first-order valence-corrected chi connectivity index (χ1v) is 16.8. The number of rotatable bonds is 5. The van der Waals surface area contributed by atoms with Crippen LogP contribution in [0.3, 0.4) is 0 Å². The Kier molecular flexibility index (Phi) is 6.55. The summed E-state index contributed by atoms with van der Waals surface area (Å²) >= 11 is 0. The average Bonchev–Trinajstić information content (AvgIpc) is 3.37. The first kappa shape index (κ1) is 28.3. The molecule has 228 valence electrons. The lowest BCUT2D eigenvalue weighted by Crippen LogP contribution is -2.14. The molecule has 0 unspecified atom stereocenters. The Hall–Kier alpha value is -5.92. The molecule has 0 saturated heterocycles. The van der Waals surface area contributed by atoms with Gasteiger partial charge < -0.3 is 4.90 Å². The Labute approximate surface area is 282 Å². The van der Waals surface area contributed by atoms with E-state index in [0.717, 1.165) is 17.1 Å². The van der Waals surface area contributed by atoms with E-state index in [2.05, 4.69) is 195 Å². The summed E-state index contributed by atoms with van der Waals surface area (Å²) in [7, 11) is 0. The highest BCUT2D eigenvalue weighted by molar-refractivity contribution is 6.21. The van der Waals surface area contributed by atoms with Crippen LogP contribution < -0.4 is 4.90 Å². The van der Waals surface area contributed by atoms with Crippen LogP contribution in [0.2, 0.25) is 0 Å². The minimum Gasteiger partial charge on any atom is -0.311 e. The van der Waals surface area contributed by atoms with Gasteiger partial charge in [0.25, 0.3) is 0 Å². The fourth-order valence-corrected chi connectivity index (χ4v) is 7.99. The number of fused-ring (bicyclic) bond motifs is 5. The Morgan fingerprint density at radius 3 is 1.33 bits per heavy atom. The van der Waals surface area contributed by atoms with Crippen LogP contribution in [0.1, 0.15) is 25.0 Å². The van der Waals surface area contributed by atoms with E-state index < -0.39 is 0 Å². The third-order valence-corrected chi connectivity index (χ3v) is 10.2. The number of nitrogens with zero attached hydrogens (tertiary/aromatic N) is 1. The van der Waals surface area contributed by atoms with Crippen molar-refractivity contribution in [2.75, 3.05) is 4.90 Å². The van der Waals surface area contributed by atoms with Crippen molar-refractivity contribution in [2.24, 2.45) is 0 Å². The van der Waals surface area contributed by atoms with E-state index in [1.165, 1.54) is 66.1 Å². The normalized spacial score (nSPS) is 13.0. The second-order valence-electron chi connectivity index (χ2n) is 13.3. The van der Waals surface area contributed by atoms with Crippen molar-refractivity contribution in [3.05, 3.63) is 187 Å². The summed E-state index contributed by atoms with van der Waals surface area (Å²) in [4.78, 5) is 2.32. The van der Waals surface area contributed by atoms with Crippen molar-refractivity contribution in [3.63, 3.8) is 0 Å². The first-order valence-electron chi connectivity index (χ1n) is 16.8. The number of hydrogen-bond acceptors (Lipinski definition) is 1. The van der Waals surface area contributed by atoms with Gasteiger partial charge in [0, 0.05) is 22.5 Å². The summed E-state index contributed by atoms with van der Waals surface area (Å²) in [6.45, 7) is 4.72. The van der Waals surface area contributed by atoms with Gasteiger partial charge in [0.15, 0.2) is 0 Å². The van der Waals surface area contributed by atoms with Crippen LogP contribution in [-0.4, -0.2) is 0 Å². The molecule has 0 spiro atoms. The van der Waals surface area contributed by atoms with Crippen LogP contribution in [0.15, 0.2) is 176 Å². The number of anilines is 3. The minimum absolute atomic E-state index is 0.0530. The number of benzene rings is 8. The Bertz CT molecular complexity index is 2360. The van der Waals surface area contributed by atoms with Crippen LogP contribution >= 0.6 is 0 Å². The molecule has 8 aromatic carbocycles. The molecule has 0 saturated carbocycles. The van der Waals surface area contributed by atoms with Gasteiger partial charge in [-0.25, -0.2) is 0 Å². The van der Waals surface area contributed by atoms with Gasteiger partial charge in [-0.1, -0.05) is 147 Å². The Morgan fingerprint density at radius 2 is 0.771 bits per heavy atom. The quantitative estimate of drug-likeness (QED) is 0.175. The van der Waals surface area contributed by atoms with E-state index in [0.29, 0.717) is 0 Å². The monoisotopic (exact) mass is 613 g/mol. The highest BCUT2D eigenvalue weighted by Gasteiger charge is 2.35. The maximum absolute atomic E-state index is 2.46. The van der Waals surface area contributed by atoms with Crippen LogP contribution in [0.4, 0.5) is 17.1 Å². The van der Waals surface area contributed by atoms with Gasteiger partial charge in [-0.15, -0.1) is 0 Å². The first-order chi connectivity index (χ1) is 23.6. The van der Waals surface area contributed by atoms with E-state index in [1.807, 2.05) is 0 Å². The lowest BCUT2D eigenvalue weighted by atomic mass is 9.80. The maximum atomic E-state index is 2.46. The molecule has 0 aliphatic heterocycles. The molecule has 0 bridgehead atoms. The number of hydrogen-bond donors (Lipinski definition) is 0. The summed E-state index contributed by atoms with van der Waals surface area (Å²) in [5, 5.41) is 5.09. The molecule has 0 fully saturated rings. The van der Waals surface area contributed by atoms with Gasteiger partial charge in [0.2, 0.25) is 0 Å². The van der Waals surface area contributed by atoms with Crippen molar-refractivity contribution in [3.8, 4) is 33.4 Å². The molecule has 0 amide bonds. The van der Waals surface area contributed by atoms with Crippen LogP contribution in [-0.2, 0) is 5.41 Å². The number of para-hydroxylation sites is 2. The molecular weight excluding hydrogens is 579 g/mol. The molecule has 0 heterocycles. The highest BCUT2D eigenvalue weighted by Crippen LogP contribution is 2.51. The van der Waals surface area contributed by atoms with Gasteiger partial charge in [0.05, 0.1) is 0 Å². The predicted molar refractivity (Wildman–Crippen MR) is 205 cm³/mol. The van der Waals surface area contributed by atoms with E-state index in [1.54, 1.807) is 0 Å². The molecule has 0 N–H and O–H groups in total. The van der Waals surface area contributed by atoms with Crippen LogP contribution in [0.25, 0.3) is 54.9 Å². The highest BCUT2D eigenvalue weighted by atomic mass is 15.1. The fraction of sp³-hybridized carbons (Fsp3) is 0.0638. The second kappa shape index (κ2) is 11.1. The maximum Gasteiger partial charge on any atom is 0.0462 e. The fourth-order valence-electron chi connectivity index (χ4n) is 7.99. The van der Waals surface area contributed by atoms with Crippen molar-refractivity contribution in [1.29, 1.82) is 0 Å². The van der Waals surface area contributed by atoms with Gasteiger partial charge in [-0.2, -0.15) is 0 Å². The minimum atomic E-state index is -0.0530. The summed E-state index contributed by atoms with van der Waals surface area (Å²) in [6.07, 6.45) is 0. The summed E-state index contributed by atoms with van der Waals surface area (Å²) in [6, 6.07) is 64.2. The van der Waals surface area contributed by atoms with Gasteiger partial charge >= 0.3 is 0 Å². The average molecular weight is 614 g/mol. The third-order valence-electron chi connectivity index (χ3n) is 10.2. The second-order valence-corrected chi connectivity index (χ2v) is 13.3. The SMILES string of the molecule is CC1(C)c2ccccc2-c2ccc(-c3c4ccccc4c(-c4ccc(N(c5ccccc5)c5ccccc5)cc4)c4ccccc34)cc21. The lowest BCUT2D eigenvalue weighted by molar-refractivity contribution is 0.660. The summed E-state index contributed by atoms with van der Waals surface area (Å²) in [5.74, 6) is 0. The molecule has 8 aromatic rings. The van der Waals surface area contributed by atoms with Crippen LogP contribution in [0.5, 0.6) is 0 Å². The molecular formula is C47H35N. The van der Waals surface area contributed by atoms with Crippen molar-refractivity contribution in [2.45, 2.75) is 19.3 Å². The molecule has 0 radical (unpaired) electrons. The molecule has 0 aromatic heterocycles. The van der Waals surface area contributed by atoms with E-state index in [4.69, 9.17) is 0 Å². The third kappa shape index (κ3) is 4.39. The molecule has 9 rings (SSSR count). The molecule has 1 nitrogen and oxygen atoms in total. The molecule has 48 heavy (non-hydrogen) atoms. The molecule has 1 heteroatoms. The summed E-state index contributed by atoms with van der Waals surface area (Å²) < 4.78 is 0. The van der Waals surface area contributed by atoms with Crippen molar-refractivity contribution >= 4 is 38.6 Å². The zero-order chi connectivity index (χ0) is 32.2. The lowest BCUT2D eigenvalue weighted by Gasteiger charge is -2.26. The van der Waals surface area contributed by atoms with E-state index >= 15 is 0 Å². The smallest absolute Gasteiger partial charge is 0.0462 e. The van der Waals surface area contributed by atoms with Crippen molar-refractivity contribution < 1.29 is 0 Å². The van der Waals surface area contributed by atoms with Gasteiger partial charge in [-0.3, -0.25) is 0 Å². The molecule has 1 aliphatic rings. The van der Waals surface area contributed by atoms with E-state index in [9.17, 15) is 0 Å². The Balaban J connectivity index is 1.22. The predicted octanol–water partition coefficient (Wildman–Crippen LogP) is 13.1. The standard InChI is InChI=1S/C47H35N/c1-47(2)43-24-14-13-19-37(43)38-30-27-33(31-44(38)47)46-41-22-11-9-20-39(41)45(40-21-10-12-23-42(40)46)32-25-28-36(29-26-32)48(34-15-5-3-6-16-34)35-17-7-4-8-18-35/h3-31H,1-2H3. The topological polar surface area (TPSA) is 3.24 Å². The zero-order valence-corrected chi connectivity index (χ0v) is 27.2. The zero-order valence-electron chi connectivity index (χ0n) is 27.2. The molecule has 1 aliphatic carbocycles. The van der Waals surface area contributed by atoms with Gasteiger partial charge in [-0.05, 0) is 109 Å². The van der Waals surface area contributed by atoms with Crippen LogP contribution in [0, 0.1) is 0 Å². The Morgan fingerprint density at radius 1 is 0.354 bits per heavy atom. The van der Waals surface area contributed by atoms with Gasteiger partial charge in [0.1, 0.15) is 0 Å².